The molecule has 0 saturated heterocycles. The monoisotopic (exact) mass is 205 g/mol. The summed E-state index contributed by atoms with van der Waals surface area (Å²) in [7, 11) is 0. The average Bonchev–Trinajstić information content (AvgIpc) is 2.14. The van der Waals surface area contributed by atoms with E-state index in [1.807, 2.05) is 11.7 Å². The molecule has 0 spiro atoms. The summed E-state index contributed by atoms with van der Waals surface area (Å²) in [4.78, 5) is 21.6. The van der Waals surface area contributed by atoms with Crippen LogP contribution in [0.15, 0.2) is 0 Å². The van der Waals surface area contributed by atoms with Crippen molar-refractivity contribution in [3.63, 3.8) is 0 Å². The number of nitrogens with two attached hydrogens (primary N) is 1. The number of carbonyl (C=O) groups excluding carboxylic acids is 2. The molecule has 0 radical (unpaired) electrons. The van der Waals surface area contributed by atoms with E-state index < -0.39 is 0 Å². The Morgan fingerprint density at radius 1 is 1.31 bits per heavy atom. The van der Waals surface area contributed by atoms with Gasteiger partial charge >= 0.3 is 0 Å². The molecule has 0 aliphatic rings. The normalized spacial score (nSPS) is 9.38. The van der Waals surface area contributed by atoms with Gasteiger partial charge in [-0.15, -0.1) is 0 Å². The van der Waals surface area contributed by atoms with Gasteiger partial charge < -0.3 is 5.32 Å². The van der Waals surface area contributed by atoms with E-state index in [-0.39, 0.29) is 18.2 Å². The molecule has 0 aromatic rings. The van der Waals surface area contributed by atoms with Gasteiger partial charge in [0, 0.05) is 25.1 Å². The molecule has 0 bridgehead atoms. The summed E-state index contributed by atoms with van der Waals surface area (Å²) >= 11 is 1.61. The lowest BCUT2D eigenvalue weighted by atomic mass is 10.4. The minimum Gasteiger partial charge on any atom is -0.356 e. The highest BCUT2D eigenvalue weighted by Gasteiger charge is 2.01. The van der Waals surface area contributed by atoms with Crippen molar-refractivity contribution < 1.29 is 9.59 Å². The minimum absolute atomic E-state index is 0.0285. The quantitative estimate of drug-likeness (QED) is 0.302. The molecule has 5 nitrogen and oxygen atoms in total. The van der Waals surface area contributed by atoms with Gasteiger partial charge in [-0.05, 0) is 6.26 Å². The fraction of sp³-hybridized carbons (Fsp3) is 0.714. The zero-order valence-electron chi connectivity index (χ0n) is 7.63. The van der Waals surface area contributed by atoms with Gasteiger partial charge in [-0.1, -0.05) is 0 Å². The van der Waals surface area contributed by atoms with Gasteiger partial charge in [0.1, 0.15) is 0 Å². The maximum Gasteiger partial charge on any atom is 0.235 e. The summed E-state index contributed by atoms with van der Waals surface area (Å²) in [6.07, 6.45) is 2.65. The first-order chi connectivity index (χ1) is 6.20. The van der Waals surface area contributed by atoms with Gasteiger partial charge in [0.2, 0.25) is 11.8 Å². The van der Waals surface area contributed by atoms with Gasteiger partial charge in [0.15, 0.2) is 0 Å². The maximum atomic E-state index is 11.0. The van der Waals surface area contributed by atoms with Crippen molar-refractivity contribution in [2.45, 2.75) is 12.8 Å². The van der Waals surface area contributed by atoms with Crippen LogP contribution in [0.3, 0.4) is 0 Å². The highest BCUT2D eigenvalue weighted by Crippen LogP contribution is 1.94. The Labute approximate surface area is 81.8 Å². The largest absolute Gasteiger partial charge is 0.356 e. The summed E-state index contributed by atoms with van der Waals surface area (Å²) in [5.74, 6) is 5.35. The summed E-state index contributed by atoms with van der Waals surface area (Å²) in [6, 6.07) is 0. The zero-order valence-corrected chi connectivity index (χ0v) is 8.45. The van der Waals surface area contributed by atoms with Gasteiger partial charge in [-0.2, -0.15) is 11.8 Å². The molecular weight excluding hydrogens is 190 g/mol. The minimum atomic E-state index is -0.273. The van der Waals surface area contributed by atoms with E-state index in [1.54, 1.807) is 11.8 Å². The van der Waals surface area contributed by atoms with E-state index in [2.05, 4.69) is 5.32 Å². The summed E-state index contributed by atoms with van der Waals surface area (Å²) in [5, 5.41) is 2.61. The molecular formula is C7H15N3O2S. The molecule has 4 N–H and O–H groups in total. The third-order valence-electron chi connectivity index (χ3n) is 1.37. The van der Waals surface area contributed by atoms with E-state index in [9.17, 15) is 9.59 Å². The van der Waals surface area contributed by atoms with Crippen molar-refractivity contribution >= 4 is 23.6 Å². The topological polar surface area (TPSA) is 84.2 Å². The number of amides is 2. The van der Waals surface area contributed by atoms with Crippen LogP contribution < -0.4 is 16.6 Å². The second-order valence-electron chi connectivity index (χ2n) is 2.41. The first kappa shape index (κ1) is 12.2. The maximum absolute atomic E-state index is 11.0. The number of rotatable bonds is 6. The van der Waals surface area contributed by atoms with Crippen molar-refractivity contribution in [3.8, 4) is 0 Å². The molecule has 0 atom stereocenters. The van der Waals surface area contributed by atoms with Crippen molar-refractivity contribution in [3.05, 3.63) is 0 Å². The SMILES string of the molecule is CSCCC(=O)NCCC(=O)NN. The van der Waals surface area contributed by atoms with E-state index in [0.29, 0.717) is 13.0 Å². The number of hydrazine groups is 1. The molecule has 0 aliphatic carbocycles. The molecule has 0 unspecified atom stereocenters. The number of hydrogen-bond donors (Lipinski definition) is 3. The molecule has 0 saturated carbocycles. The van der Waals surface area contributed by atoms with Crippen LogP contribution in [0.1, 0.15) is 12.8 Å². The summed E-state index contributed by atoms with van der Waals surface area (Å²) in [5.41, 5.74) is 1.99. The van der Waals surface area contributed by atoms with Gasteiger partial charge in [0.25, 0.3) is 0 Å². The first-order valence-corrected chi connectivity index (χ1v) is 5.35. The van der Waals surface area contributed by atoms with Crippen LogP contribution in [0.2, 0.25) is 0 Å². The van der Waals surface area contributed by atoms with Crippen LogP contribution in [-0.2, 0) is 9.59 Å². The number of carbonyl (C=O) groups is 2. The molecule has 13 heavy (non-hydrogen) atoms. The van der Waals surface area contributed by atoms with Crippen molar-refractivity contribution in [2.24, 2.45) is 5.84 Å². The summed E-state index contributed by atoms with van der Waals surface area (Å²) in [6.45, 7) is 0.343. The molecule has 0 aliphatic heterocycles. The van der Waals surface area contributed by atoms with Crippen LogP contribution in [0, 0.1) is 0 Å². The number of nitrogens with one attached hydrogen (secondary N) is 2. The molecule has 0 rings (SSSR count). The zero-order chi connectivity index (χ0) is 10.1. The van der Waals surface area contributed by atoms with Crippen LogP contribution in [0.4, 0.5) is 0 Å². The van der Waals surface area contributed by atoms with Crippen LogP contribution in [0.25, 0.3) is 0 Å². The lowest BCUT2D eigenvalue weighted by Gasteiger charge is -2.03. The highest BCUT2D eigenvalue weighted by atomic mass is 32.2. The summed E-state index contributed by atoms with van der Waals surface area (Å²) < 4.78 is 0. The fourth-order valence-corrected chi connectivity index (χ4v) is 1.06. The molecule has 0 fully saturated rings. The third kappa shape index (κ3) is 7.61. The second-order valence-corrected chi connectivity index (χ2v) is 3.40. The van der Waals surface area contributed by atoms with Crippen LogP contribution in [0.5, 0.6) is 0 Å². The smallest absolute Gasteiger partial charge is 0.235 e. The Kier molecular flexibility index (Phi) is 7.42. The standard InChI is InChI=1S/C7H15N3O2S/c1-13-5-3-6(11)9-4-2-7(12)10-8/h2-5,8H2,1H3,(H,9,11)(H,10,12). The lowest BCUT2D eigenvalue weighted by molar-refractivity contribution is -0.122. The Morgan fingerprint density at radius 2 is 2.00 bits per heavy atom. The Morgan fingerprint density at radius 3 is 2.54 bits per heavy atom. The van der Waals surface area contributed by atoms with E-state index in [0.717, 1.165) is 5.75 Å². The third-order valence-corrected chi connectivity index (χ3v) is 1.98. The van der Waals surface area contributed by atoms with E-state index in [4.69, 9.17) is 5.84 Å². The lowest BCUT2D eigenvalue weighted by Crippen LogP contribution is -2.34. The highest BCUT2D eigenvalue weighted by molar-refractivity contribution is 7.98. The van der Waals surface area contributed by atoms with Gasteiger partial charge in [0.05, 0.1) is 0 Å². The van der Waals surface area contributed by atoms with E-state index in [1.165, 1.54) is 0 Å². The number of hydrogen-bond acceptors (Lipinski definition) is 4. The van der Waals surface area contributed by atoms with Gasteiger partial charge in [-0.25, -0.2) is 5.84 Å². The molecule has 0 heterocycles. The fourth-order valence-electron chi connectivity index (χ4n) is 0.671. The predicted octanol–water partition coefficient (Wildman–Crippen LogP) is -0.764. The van der Waals surface area contributed by atoms with E-state index >= 15 is 0 Å². The molecule has 0 aromatic heterocycles. The molecule has 76 valence electrons. The average molecular weight is 205 g/mol. The molecule has 2 amide bonds. The molecule has 6 heteroatoms. The Bertz CT molecular complexity index is 175. The second kappa shape index (κ2) is 7.88. The van der Waals surface area contributed by atoms with Crippen LogP contribution in [-0.4, -0.2) is 30.4 Å². The number of thioether (sulfide) groups is 1. The first-order valence-electron chi connectivity index (χ1n) is 3.95. The van der Waals surface area contributed by atoms with Crippen molar-refractivity contribution in [1.82, 2.24) is 10.7 Å². The van der Waals surface area contributed by atoms with Crippen molar-refractivity contribution in [1.29, 1.82) is 0 Å². The van der Waals surface area contributed by atoms with Crippen LogP contribution >= 0.6 is 11.8 Å². The Balaban J connectivity index is 3.31. The Hall–Kier alpha value is -0.750. The van der Waals surface area contributed by atoms with Crippen molar-refractivity contribution in [2.75, 3.05) is 18.6 Å². The predicted molar refractivity (Wildman–Crippen MR) is 53.0 cm³/mol. The molecule has 0 aromatic carbocycles. The van der Waals surface area contributed by atoms with Gasteiger partial charge in [-0.3, -0.25) is 15.0 Å².